The van der Waals surface area contributed by atoms with Crippen molar-refractivity contribution in [3.8, 4) is 0 Å². The van der Waals surface area contributed by atoms with E-state index in [4.69, 9.17) is 0 Å². The van der Waals surface area contributed by atoms with Crippen molar-refractivity contribution in [2.24, 2.45) is 0 Å². The van der Waals surface area contributed by atoms with Crippen LogP contribution in [0.1, 0.15) is 18.9 Å². The van der Waals surface area contributed by atoms with Crippen molar-refractivity contribution in [1.29, 1.82) is 0 Å². The molecule has 3 nitrogen and oxygen atoms in total. The molecule has 20 heavy (non-hydrogen) atoms. The van der Waals surface area contributed by atoms with Gasteiger partial charge in [-0.15, -0.1) is 0 Å². The zero-order chi connectivity index (χ0) is 14.8. The van der Waals surface area contributed by atoms with Gasteiger partial charge in [-0.2, -0.15) is 13.2 Å². The lowest BCUT2D eigenvalue weighted by atomic mass is 10.2. The lowest BCUT2D eigenvalue weighted by Gasteiger charge is -2.12. The SMILES string of the molecule is CCCn1ccnc1Nc1cc(Br)cc(C(F)(F)F)c1. The van der Waals surface area contributed by atoms with Crippen molar-refractivity contribution in [3.05, 3.63) is 40.6 Å². The summed E-state index contributed by atoms with van der Waals surface area (Å²) in [7, 11) is 0. The molecule has 0 aliphatic heterocycles. The zero-order valence-corrected chi connectivity index (χ0v) is 12.3. The Morgan fingerprint density at radius 3 is 2.70 bits per heavy atom. The summed E-state index contributed by atoms with van der Waals surface area (Å²) >= 11 is 3.09. The molecule has 1 heterocycles. The maximum Gasteiger partial charge on any atom is 0.416 e. The second kappa shape index (κ2) is 5.87. The summed E-state index contributed by atoms with van der Waals surface area (Å²) in [6.45, 7) is 2.77. The number of rotatable bonds is 4. The number of alkyl halides is 3. The highest BCUT2D eigenvalue weighted by molar-refractivity contribution is 9.10. The first-order valence-corrected chi connectivity index (χ1v) is 6.85. The molecule has 0 spiro atoms. The molecule has 0 amide bonds. The predicted molar refractivity (Wildman–Crippen MR) is 74.9 cm³/mol. The summed E-state index contributed by atoms with van der Waals surface area (Å²) in [5.41, 5.74) is -0.363. The van der Waals surface area contributed by atoms with E-state index in [1.165, 1.54) is 0 Å². The topological polar surface area (TPSA) is 29.9 Å². The van der Waals surface area contributed by atoms with E-state index in [0.29, 0.717) is 16.1 Å². The second-order valence-corrected chi connectivity index (χ2v) is 5.21. The van der Waals surface area contributed by atoms with E-state index in [9.17, 15) is 13.2 Å². The van der Waals surface area contributed by atoms with E-state index in [1.54, 1.807) is 18.5 Å². The van der Waals surface area contributed by atoms with Gasteiger partial charge in [-0.25, -0.2) is 4.98 Å². The lowest BCUT2D eigenvalue weighted by molar-refractivity contribution is -0.137. The van der Waals surface area contributed by atoms with E-state index in [0.717, 1.165) is 25.1 Å². The molecule has 2 rings (SSSR count). The van der Waals surface area contributed by atoms with Crippen molar-refractivity contribution in [2.75, 3.05) is 5.32 Å². The number of imidazole rings is 1. The third-order valence-corrected chi connectivity index (χ3v) is 3.12. The van der Waals surface area contributed by atoms with Crippen molar-refractivity contribution < 1.29 is 13.2 Å². The molecule has 0 atom stereocenters. The molecule has 0 bridgehead atoms. The molecule has 1 aromatic heterocycles. The first kappa shape index (κ1) is 14.9. The van der Waals surface area contributed by atoms with Gasteiger partial charge in [0.2, 0.25) is 5.95 Å². The molecule has 0 aliphatic rings. The summed E-state index contributed by atoms with van der Waals surface area (Å²) in [5, 5.41) is 2.91. The second-order valence-electron chi connectivity index (χ2n) is 4.30. The molecule has 0 radical (unpaired) electrons. The molecule has 1 aromatic carbocycles. The molecule has 0 aliphatic carbocycles. The summed E-state index contributed by atoms with van der Waals surface area (Å²) < 4.78 is 40.5. The Morgan fingerprint density at radius 1 is 1.30 bits per heavy atom. The van der Waals surface area contributed by atoms with Crippen molar-refractivity contribution in [3.63, 3.8) is 0 Å². The summed E-state index contributed by atoms with van der Waals surface area (Å²) in [6.07, 6.45) is -0.0640. The Morgan fingerprint density at radius 2 is 2.05 bits per heavy atom. The van der Waals surface area contributed by atoms with Crippen LogP contribution in [0.5, 0.6) is 0 Å². The van der Waals surface area contributed by atoms with E-state index in [1.807, 2.05) is 11.5 Å². The normalized spacial score (nSPS) is 11.7. The number of halogens is 4. The van der Waals surface area contributed by atoms with Gasteiger partial charge >= 0.3 is 6.18 Å². The molecule has 1 N–H and O–H groups in total. The van der Waals surface area contributed by atoms with Crippen LogP contribution < -0.4 is 5.32 Å². The average molecular weight is 348 g/mol. The highest BCUT2D eigenvalue weighted by atomic mass is 79.9. The summed E-state index contributed by atoms with van der Waals surface area (Å²) in [5.74, 6) is 0.526. The van der Waals surface area contributed by atoms with Gasteiger partial charge < -0.3 is 9.88 Å². The van der Waals surface area contributed by atoms with Gasteiger partial charge in [0.15, 0.2) is 0 Å². The molecule has 108 valence electrons. The lowest BCUT2D eigenvalue weighted by Crippen LogP contribution is -2.07. The Labute approximate surface area is 123 Å². The van der Waals surface area contributed by atoms with E-state index < -0.39 is 11.7 Å². The average Bonchev–Trinajstić information content (AvgIpc) is 2.75. The minimum atomic E-state index is -4.38. The maximum absolute atomic E-state index is 12.8. The Bertz CT molecular complexity index is 593. The van der Waals surface area contributed by atoms with Gasteiger partial charge in [-0.05, 0) is 24.6 Å². The van der Waals surface area contributed by atoms with Crippen LogP contribution in [0, 0.1) is 0 Å². The van der Waals surface area contributed by atoms with E-state index in [2.05, 4.69) is 26.2 Å². The largest absolute Gasteiger partial charge is 0.416 e. The molecule has 0 saturated carbocycles. The van der Waals surface area contributed by atoms with Crippen LogP contribution >= 0.6 is 15.9 Å². The standard InChI is InChI=1S/C13H13BrF3N3/c1-2-4-20-5-3-18-12(20)19-11-7-9(13(15,16)17)6-10(14)8-11/h3,5-8H,2,4H2,1H3,(H,18,19). The maximum atomic E-state index is 12.8. The quantitative estimate of drug-likeness (QED) is 0.859. The van der Waals surface area contributed by atoms with Crippen LogP contribution in [-0.4, -0.2) is 9.55 Å². The fourth-order valence-electron chi connectivity index (χ4n) is 1.81. The molecular weight excluding hydrogens is 335 g/mol. The van der Waals surface area contributed by atoms with Gasteiger partial charge in [0, 0.05) is 29.1 Å². The summed E-state index contributed by atoms with van der Waals surface area (Å²) in [4.78, 5) is 4.11. The fraction of sp³-hybridized carbons (Fsp3) is 0.308. The molecule has 7 heteroatoms. The zero-order valence-electron chi connectivity index (χ0n) is 10.7. The Kier molecular flexibility index (Phi) is 4.37. The van der Waals surface area contributed by atoms with Gasteiger partial charge in [-0.1, -0.05) is 22.9 Å². The van der Waals surface area contributed by atoms with Gasteiger partial charge in [0.1, 0.15) is 0 Å². The van der Waals surface area contributed by atoms with Gasteiger partial charge in [0.25, 0.3) is 0 Å². The minimum Gasteiger partial charge on any atom is -0.326 e. The number of benzene rings is 1. The Hall–Kier alpha value is -1.50. The molecule has 2 aromatic rings. The number of nitrogens with zero attached hydrogens (tertiary/aromatic N) is 2. The van der Waals surface area contributed by atoms with Crippen LogP contribution in [-0.2, 0) is 12.7 Å². The highest BCUT2D eigenvalue weighted by Gasteiger charge is 2.31. The molecular formula is C13H13BrF3N3. The molecule has 0 unspecified atom stereocenters. The number of aromatic nitrogens is 2. The Balaban J connectivity index is 2.29. The van der Waals surface area contributed by atoms with E-state index in [-0.39, 0.29) is 0 Å². The van der Waals surface area contributed by atoms with Crippen LogP contribution in [0.3, 0.4) is 0 Å². The van der Waals surface area contributed by atoms with Crippen LogP contribution in [0.25, 0.3) is 0 Å². The number of aryl methyl sites for hydroxylation is 1. The van der Waals surface area contributed by atoms with Crippen LogP contribution in [0.4, 0.5) is 24.8 Å². The predicted octanol–water partition coefficient (Wildman–Crippen LogP) is 4.82. The number of hydrogen-bond acceptors (Lipinski definition) is 2. The minimum absolute atomic E-state index is 0.343. The first-order chi connectivity index (χ1) is 9.40. The van der Waals surface area contributed by atoms with E-state index >= 15 is 0 Å². The van der Waals surface area contributed by atoms with Gasteiger partial charge in [0.05, 0.1) is 5.56 Å². The summed E-state index contributed by atoms with van der Waals surface area (Å²) in [6, 6.07) is 3.69. The van der Waals surface area contributed by atoms with Crippen LogP contribution in [0.2, 0.25) is 0 Å². The van der Waals surface area contributed by atoms with Crippen LogP contribution in [0.15, 0.2) is 35.1 Å². The monoisotopic (exact) mass is 347 g/mol. The first-order valence-electron chi connectivity index (χ1n) is 6.06. The molecule has 0 saturated heterocycles. The van der Waals surface area contributed by atoms with Gasteiger partial charge in [-0.3, -0.25) is 0 Å². The number of nitrogens with one attached hydrogen (secondary N) is 1. The number of hydrogen-bond donors (Lipinski definition) is 1. The van der Waals surface area contributed by atoms with Crippen molar-refractivity contribution in [2.45, 2.75) is 26.1 Å². The smallest absolute Gasteiger partial charge is 0.326 e. The molecule has 0 fully saturated rings. The third kappa shape index (κ3) is 3.53. The third-order valence-electron chi connectivity index (χ3n) is 2.66. The number of anilines is 2. The van der Waals surface area contributed by atoms with Crippen molar-refractivity contribution >= 4 is 27.6 Å². The fourth-order valence-corrected chi connectivity index (χ4v) is 2.30. The van der Waals surface area contributed by atoms with Crippen molar-refractivity contribution in [1.82, 2.24) is 9.55 Å². The highest BCUT2D eigenvalue weighted by Crippen LogP contribution is 2.34.